The molecule has 0 aliphatic carbocycles. The molecule has 5 heteroatoms. The maximum atomic E-state index is 12.0. The van der Waals surface area contributed by atoms with Gasteiger partial charge in [0.15, 0.2) is 5.82 Å². The molecule has 1 aliphatic heterocycles. The third kappa shape index (κ3) is 4.16. The molecule has 132 valence electrons. The van der Waals surface area contributed by atoms with Crippen molar-refractivity contribution in [3.05, 3.63) is 42.0 Å². The molecule has 2 aromatic rings. The van der Waals surface area contributed by atoms with Crippen LogP contribution in [0.5, 0.6) is 0 Å². The summed E-state index contributed by atoms with van der Waals surface area (Å²) in [5, 5.41) is 8.79. The monoisotopic (exact) mass is 338 g/mol. The minimum absolute atomic E-state index is 0.263. The number of piperazine rings is 1. The quantitative estimate of drug-likeness (QED) is 0.840. The summed E-state index contributed by atoms with van der Waals surface area (Å²) in [4.78, 5) is 16.1. The number of benzene rings is 1. The molecule has 1 aromatic heterocycles. The minimum Gasteiger partial charge on any atom is -0.352 e. The van der Waals surface area contributed by atoms with Crippen LogP contribution in [0, 0.1) is 0 Å². The van der Waals surface area contributed by atoms with Gasteiger partial charge in [-0.1, -0.05) is 38.1 Å². The molecule has 1 aromatic carbocycles. The first-order valence-electron chi connectivity index (χ1n) is 9.17. The molecule has 5 nitrogen and oxygen atoms in total. The average molecular weight is 338 g/mol. The lowest BCUT2D eigenvalue weighted by molar-refractivity contribution is -0.131. The number of hydrogen-bond donors (Lipinski definition) is 0. The van der Waals surface area contributed by atoms with Gasteiger partial charge in [-0.05, 0) is 30.5 Å². The minimum atomic E-state index is 0.263. The zero-order valence-electron chi connectivity index (χ0n) is 15.1. The van der Waals surface area contributed by atoms with Crippen LogP contribution in [-0.2, 0) is 11.2 Å². The summed E-state index contributed by atoms with van der Waals surface area (Å²) in [5.74, 6) is 1.15. The summed E-state index contributed by atoms with van der Waals surface area (Å²) < 4.78 is 0. The molecule has 2 heterocycles. The van der Waals surface area contributed by atoms with Crippen molar-refractivity contribution in [3.63, 3.8) is 0 Å². The fraction of sp³-hybridized carbons (Fsp3) is 0.450. The molecule has 1 amide bonds. The van der Waals surface area contributed by atoms with Gasteiger partial charge in [-0.15, -0.1) is 10.2 Å². The maximum absolute atomic E-state index is 12.0. The Labute approximate surface area is 149 Å². The SMILES string of the molecule is CCCC(=O)N1CCN(c2ccc(-c3ccc(CC)cc3)nn2)CC1. The number of amides is 1. The Morgan fingerprint density at radius 1 is 0.960 bits per heavy atom. The predicted molar refractivity (Wildman–Crippen MR) is 101 cm³/mol. The van der Waals surface area contributed by atoms with Crippen LogP contribution in [0.2, 0.25) is 0 Å². The van der Waals surface area contributed by atoms with E-state index in [1.807, 2.05) is 24.0 Å². The second-order valence-corrected chi connectivity index (χ2v) is 6.45. The third-order valence-corrected chi connectivity index (χ3v) is 4.73. The van der Waals surface area contributed by atoms with E-state index in [2.05, 4.69) is 46.3 Å². The molecule has 0 unspecified atom stereocenters. The second kappa shape index (κ2) is 8.10. The van der Waals surface area contributed by atoms with Crippen molar-refractivity contribution in [2.75, 3.05) is 31.1 Å². The van der Waals surface area contributed by atoms with Gasteiger partial charge >= 0.3 is 0 Å². The Morgan fingerprint density at radius 3 is 2.24 bits per heavy atom. The van der Waals surface area contributed by atoms with E-state index in [1.165, 1.54) is 5.56 Å². The molecule has 1 aliphatic rings. The average Bonchev–Trinajstić information content (AvgIpc) is 2.68. The highest BCUT2D eigenvalue weighted by molar-refractivity contribution is 5.76. The Kier molecular flexibility index (Phi) is 5.64. The highest BCUT2D eigenvalue weighted by Gasteiger charge is 2.21. The molecule has 0 radical (unpaired) electrons. The van der Waals surface area contributed by atoms with Crippen molar-refractivity contribution in [1.82, 2.24) is 15.1 Å². The van der Waals surface area contributed by atoms with Gasteiger partial charge in [-0.3, -0.25) is 4.79 Å². The topological polar surface area (TPSA) is 49.3 Å². The smallest absolute Gasteiger partial charge is 0.222 e. The predicted octanol–water partition coefficient (Wildman–Crippen LogP) is 3.15. The van der Waals surface area contributed by atoms with Crippen LogP contribution >= 0.6 is 0 Å². The summed E-state index contributed by atoms with van der Waals surface area (Å²) in [5.41, 5.74) is 3.30. The van der Waals surface area contributed by atoms with Crippen LogP contribution in [0.4, 0.5) is 5.82 Å². The van der Waals surface area contributed by atoms with Crippen LogP contribution in [0.3, 0.4) is 0 Å². The van der Waals surface area contributed by atoms with Crippen molar-refractivity contribution >= 4 is 11.7 Å². The first-order valence-corrected chi connectivity index (χ1v) is 9.17. The lowest BCUT2D eigenvalue weighted by Crippen LogP contribution is -2.49. The number of carbonyl (C=O) groups is 1. The molecule has 1 fully saturated rings. The molecule has 0 atom stereocenters. The molecule has 0 spiro atoms. The first kappa shape index (κ1) is 17.4. The zero-order valence-corrected chi connectivity index (χ0v) is 15.1. The molecule has 25 heavy (non-hydrogen) atoms. The van der Waals surface area contributed by atoms with Gasteiger partial charge in [0.05, 0.1) is 5.69 Å². The van der Waals surface area contributed by atoms with Crippen LogP contribution in [0.25, 0.3) is 11.3 Å². The number of carbonyl (C=O) groups excluding carboxylic acids is 1. The van der Waals surface area contributed by atoms with E-state index in [4.69, 9.17) is 0 Å². The van der Waals surface area contributed by atoms with Gasteiger partial charge in [-0.2, -0.15) is 0 Å². The van der Waals surface area contributed by atoms with Crippen molar-refractivity contribution in [3.8, 4) is 11.3 Å². The van der Waals surface area contributed by atoms with E-state index >= 15 is 0 Å². The maximum Gasteiger partial charge on any atom is 0.222 e. The van der Waals surface area contributed by atoms with Crippen molar-refractivity contribution in [2.45, 2.75) is 33.1 Å². The Bertz CT molecular complexity index is 689. The normalized spacial score (nSPS) is 14.6. The summed E-state index contributed by atoms with van der Waals surface area (Å²) in [7, 11) is 0. The summed E-state index contributed by atoms with van der Waals surface area (Å²) in [6, 6.07) is 12.5. The number of hydrogen-bond acceptors (Lipinski definition) is 4. The molecule has 1 saturated heterocycles. The van der Waals surface area contributed by atoms with Gasteiger partial charge < -0.3 is 9.80 Å². The van der Waals surface area contributed by atoms with E-state index in [0.717, 1.165) is 56.1 Å². The van der Waals surface area contributed by atoms with E-state index in [0.29, 0.717) is 6.42 Å². The van der Waals surface area contributed by atoms with E-state index in [1.54, 1.807) is 0 Å². The van der Waals surface area contributed by atoms with Gasteiger partial charge in [0, 0.05) is 38.2 Å². The summed E-state index contributed by atoms with van der Waals surface area (Å²) in [6.07, 6.45) is 2.59. The second-order valence-electron chi connectivity index (χ2n) is 6.45. The van der Waals surface area contributed by atoms with Crippen molar-refractivity contribution in [1.29, 1.82) is 0 Å². The molecule has 0 bridgehead atoms. The molecule has 3 rings (SSSR count). The number of aromatic nitrogens is 2. The van der Waals surface area contributed by atoms with Gasteiger partial charge in [0.2, 0.25) is 5.91 Å². The largest absolute Gasteiger partial charge is 0.352 e. The van der Waals surface area contributed by atoms with E-state index in [-0.39, 0.29) is 5.91 Å². The summed E-state index contributed by atoms with van der Waals surface area (Å²) in [6.45, 7) is 7.35. The number of anilines is 1. The molecular weight excluding hydrogens is 312 g/mol. The Hall–Kier alpha value is -2.43. The number of aryl methyl sites for hydroxylation is 1. The molecule has 0 saturated carbocycles. The van der Waals surface area contributed by atoms with E-state index < -0.39 is 0 Å². The van der Waals surface area contributed by atoms with Crippen LogP contribution in [0.1, 0.15) is 32.3 Å². The fourth-order valence-electron chi connectivity index (χ4n) is 3.12. The van der Waals surface area contributed by atoms with Gasteiger partial charge in [0.1, 0.15) is 0 Å². The highest BCUT2D eigenvalue weighted by Crippen LogP contribution is 2.20. The van der Waals surface area contributed by atoms with Crippen LogP contribution in [-0.4, -0.2) is 47.2 Å². The lowest BCUT2D eigenvalue weighted by Gasteiger charge is -2.35. The van der Waals surface area contributed by atoms with Crippen molar-refractivity contribution < 1.29 is 4.79 Å². The highest BCUT2D eigenvalue weighted by atomic mass is 16.2. The Balaban J connectivity index is 1.62. The van der Waals surface area contributed by atoms with E-state index in [9.17, 15) is 4.79 Å². The first-order chi connectivity index (χ1) is 12.2. The van der Waals surface area contributed by atoms with Gasteiger partial charge in [-0.25, -0.2) is 0 Å². The van der Waals surface area contributed by atoms with Crippen LogP contribution in [0.15, 0.2) is 36.4 Å². The lowest BCUT2D eigenvalue weighted by atomic mass is 10.1. The zero-order chi connectivity index (χ0) is 17.6. The van der Waals surface area contributed by atoms with Crippen molar-refractivity contribution in [2.24, 2.45) is 0 Å². The van der Waals surface area contributed by atoms with Crippen LogP contribution < -0.4 is 4.90 Å². The number of rotatable bonds is 5. The third-order valence-electron chi connectivity index (χ3n) is 4.73. The number of nitrogens with zero attached hydrogens (tertiary/aromatic N) is 4. The van der Waals surface area contributed by atoms with Gasteiger partial charge in [0.25, 0.3) is 0 Å². The summed E-state index contributed by atoms with van der Waals surface area (Å²) >= 11 is 0. The molecular formula is C20H26N4O. The Morgan fingerprint density at radius 2 is 1.68 bits per heavy atom. The molecule has 0 N–H and O–H groups in total. The fourth-order valence-corrected chi connectivity index (χ4v) is 3.12. The standard InChI is InChI=1S/C20H26N4O/c1-3-5-20(25)24-14-12-23(13-15-24)19-11-10-18(21-22-19)17-8-6-16(4-2)7-9-17/h6-11H,3-5,12-15H2,1-2H3.